The average Bonchev–Trinajstić information content (AvgIpc) is 2.66. The SMILES string of the molecule is O=C(NCc1ccccc1)NCC1CN(c2cccc(Cl)c2)C(=O)CO1. The monoisotopic (exact) mass is 373 g/mol. The van der Waals surface area contributed by atoms with Crippen LogP contribution in [0.15, 0.2) is 54.6 Å². The van der Waals surface area contributed by atoms with Gasteiger partial charge in [0.05, 0.1) is 12.6 Å². The van der Waals surface area contributed by atoms with Crippen LogP contribution < -0.4 is 15.5 Å². The van der Waals surface area contributed by atoms with Crippen molar-refractivity contribution < 1.29 is 14.3 Å². The van der Waals surface area contributed by atoms with Gasteiger partial charge in [-0.25, -0.2) is 4.79 Å². The zero-order valence-electron chi connectivity index (χ0n) is 14.2. The van der Waals surface area contributed by atoms with Crippen molar-refractivity contribution >= 4 is 29.2 Å². The number of benzene rings is 2. The number of hydrogen-bond donors (Lipinski definition) is 2. The zero-order valence-corrected chi connectivity index (χ0v) is 14.9. The highest BCUT2D eigenvalue weighted by atomic mass is 35.5. The van der Waals surface area contributed by atoms with Gasteiger partial charge in [-0.3, -0.25) is 4.79 Å². The van der Waals surface area contributed by atoms with E-state index in [0.717, 1.165) is 11.3 Å². The summed E-state index contributed by atoms with van der Waals surface area (Å²) in [5, 5.41) is 6.14. The van der Waals surface area contributed by atoms with Gasteiger partial charge in [-0.1, -0.05) is 48.0 Å². The Labute approximate surface area is 157 Å². The van der Waals surface area contributed by atoms with Crippen molar-refractivity contribution in [3.63, 3.8) is 0 Å². The van der Waals surface area contributed by atoms with Crippen molar-refractivity contribution in [1.82, 2.24) is 10.6 Å². The molecule has 3 rings (SSSR count). The van der Waals surface area contributed by atoms with Gasteiger partial charge in [-0.05, 0) is 23.8 Å². The first-order valence-electron chi connectivity index (χ1n) is 8.35. The molecule has 2 aromatic rings. The lowest BCUT2D eigenvalue weighted by molar-refractivity contribution is -0.129. The lowest BCUT2D eigenvalue weighted by atomic mass is 10.2. The minimum absolute atomic E-state index is 0.0233. The van der Waals surface area contributed by atoms with Crippen LogP contribution in [0, 0.1) is 0 Å². The second-order valence-corrected chi connectivity index (χ2v) is 6.40. The van der Waals surface area contributed by atoms with Gasteiger partial charge in [0.25, 0.3) is 5.91 Å². The number of amides is 3. The van der Waals surface area contributed by atoms with Crippen LogP contribution in [-0.2, 0) is 16.1 Å². The van der Waals surface area contributed by atoms with Crippen molar-refractivity contribution in [1.29, 1.82) is 0 Å². The molecule has 7 heteroatoms. The number of morpholine rings is 1. The van der Waals surface area contributed by atoms with Crippen LogP contribution in [0.3, 0.4) is 0 Å². The predicted octanol–water partition coefficient (Wildman–Crippen LogP) is 2.57. The van der Waals surface area contributed by atoms with E-state index in [1.54, 1.807) is 23.1 Å². The fourth-order valence-corrected chi connectivity index (χ4v) is 2.87. The van der Waals surface area contributed by atoms with E-state index in [2.05, 4.69) is 10.6 Å². The van der Waals surface area contributed by atoms with Gasteiger partial charge in [0.1, 0.15) is 6.61 Å². The number of carbonyl (C=O) groups is 2. The Kier molecular flexibility index (Phi) is 6.09. The molecule has 0 bridgehead atoms. The van der Waals surface area contributed by atoms with Crippen LogP contribution in [0.1, 0.15) is 5.56 Å². The summed E-state index contributed by atoms with van der Waals surface area (Å²) in [5.74, 6) is -0.128. The summed E-state index contributed by atoms with van der Waals surface area (Å²) in [5.41, 5.74) is 1.75. The maximum absolute atomic E-state index is 12.1. The molecule has 2 N–H and O–H groups in total. The summed E-state index contributed by atoms with van der Waals surface area (Å²) in [6.45, 7) is 1.10. The highest BCUT2D eigenvalue weighted by Crippen LogP contribution is 2.22. The van der Waals surface area contributed by atoms with Gasteiger partial charge in [-0.15, -0.1) is 0 Å². The summed E-state index contributed by atoms with van der Waals surface area (Å²) in [6.07, 6.45) is -0.283. The van der Waals surface area contributed by atoms with Gasteiger partial charge in [0.15, 0.2) is 0 Å². The first kappa shape index (κ1) is 18.2. The van der Waals surface area contributed by atoms with Gasteiger partial charge >= 0.3 is 6.03 Å². The van der Waals surface area contributed by atoms with Crippen LogP contribution in [0.25, 0.3) is 0 Å². The molecule has 0 spiro atoms. The predicted molar refractivity (Wildman–Crippen MR) is 100 cm³/mol. The average molecular weight is 374 g/mol. The van der Waals surface area contributed by atoms with Gasteiger partial charge in [-0.2, -0.15) is 0 Å². The van der Waals surface area contributed by atoms with Crippen LogP contribution in [0.4, 0.5) is 10.5 Å². The summed E-state index contributed by atoms with van der Waals surface area (Å²) in [7, 11) is 0. The van der Waals surface area contributed by atoms with Crippen molar-refractivity contribution in [3.05, 3.63) is 65.2 Å². The summed E-state index contributed by atoms with van der Waals surface area (Å²) >= 11 is 6.00. The minimum Gasteiger partial charge on any atom is -0.365 e. The molecular weight excluding hydrogens is 354 g/mol. The molecule has 1 saturated heterocycles. The van der Waals surface area contributed by atoms with Gasteiger partial charge in [0.2, 0.25) is 0 Å². The Morgan fingerprint density at radius 2 is 1.96 bits per heavy atom. The molecule has 6 nitrogen and oxygen atoms in total. The Hall–Kier alpha value is -2.57. The van der Waals surface area contributed by atoms with Gasteiger partial charge in [0, 0.05) is 23.8 Å². The largest absolute Gasteiger partial charge is 0.365 e. The molecule has 136 valence electrons. The Morgan fingerprint density at radius 1 is 1.15 bits per heavy atom. The second kappa shape index (κ2) is 8.69. The van der Waals surface area contributed by atoms with Crippen molar-refractivity contribution in [2.45, 2.75) is 12.6 Å². The minimum atomic E-state index is -0.283. The highest BCUT2D eigenvalue weighted by Gasteiger charge is 2.27. The summed E-state index contributed by atoms with van der Waals surface area (Å²) in [4.78, 5) is 25.7. The van der Waals surface area contributed by atoms with E-state index in [1.807, 2.05) is 36.4 Å². The van der Waals surface area contributed by atoms with Crippen LogP contribution in [0.5, 0.6) is 0 Å². The first-order valence-corrected chi connectivity index (χ1v) is 8.73. The molecule has 26 heavy (non-hydrogen) atoms. The molecular formula is C19H20ClN3O3. The Bertz CT molecular complexity index is 770. The third-order valence-corrected chi connectivity index (χ3v) is 4.27. The van der Waals surface area contributed by atoms with E-state index in [1.165, 1.54) is 0 Å². The normalized spacial score (nSPS) is 17.0. The van der Waals surface area contributed by atoms with E-state index in [4.69, 9.17) is 16.3 Å². The van der Waals surface area contributed by atoms with Crippen molar-refractivity contribution in [2.24, 2.45) is 0 Å². The molecule has 0 aliphatic carbocycles. The number of anilines is 1. The number of rotatable bonds is 5. The fourth-order valence-electron chi connectivity index (χ4n) is 2.69. The van der Waals surface area contributed by atoms with Gasteiger partial charge < -0.3 is 20.3 Å². The summed E-state index contributed by atoms with van der Waals surface area (Å²) in [6, 6.07) is 16.5. The molecule has 0 aromatic heterocycles. The number of hydrogen-bond acceptors (Lipinski definition) is 3. The van der Waals surface area contributed by atoms with E-state index < -0.39 is 0 Å². The lowest BCUT2D eigenvalue weighted by Crippen LogP contribution is -2.51. The fraction of sp³-hybridized carbons (Fsp3) is 0.263. The quantitative estimate of drug-likeness (QED) is 0.846. The van der Waals surface area contributed by atoms with Crippen molar-refractivity contribution in [2.75, 3.05) is 24.6 Å². The number of carbonyl (C=O) groups excluding carboxylic acids is 2. The molecule has 0 radical (unpaired) electrons. The molecule has 1 heterocycles. The van der Waals surface area contributed by atoms with Crippen LogP contribution in [-0.4, -0.2) is 37.7 Å². The number of nitrogens with zero attached hydrogens (tertiary/aromatic N) is 1. The van der Waals surface area contributed by atoms with Crippen LogP contribution in [0.2, 0.25) is 5.02 Å². The molecule has 0 saturated carbocycles. The number of halogens is 1. The molecule has 1 fully saturated rings. The number of ether oxygens (including phenoxy) is 1. The molecule has 1 aliphatic rings. The third kappa shape index (κ3) is 4.97. The number of urea groups is 1. The second-order valence-electron chi connectivity index (χ2n) is 5.97. The topological polar surface area (TPSA) is 70.7 Å². The van der Waals surface area contributed by atoms with E-state index in [-0.39, 0.29) is 24.6 Å². The van der Waals surface area contributed by atoms with E-state index in [9.17, 15) is 9.59 Å². The maximum Gasteiger partial charge on any atom is 0.315 e. The standard InChI is InChI=1S/C19H20ClN3O3/c20-15-7-4-8-16(9-15)23-12-17(26-13-18(23)24)11-22-19(25)21-10-14-5-2-1-3-6-14/h1-9,17H,10-13H2,(H2,21,22,25). The lowest BCUT2D eigenvalue weighted by Gasteiger charge is -2.33. The Morgan fingerprint density at radius 3 is 2.73 bits per heavy atom. The van der Waals surface area contributed by atoms with E-state index >= 15 is 0 Å². The van der Waals surface area contributed by atoms with Crippen LogP contribution >= 0.6 is 11.6 Å². The molecule has 2 aromatic carbocycles. The molecule has 1 aliphatic heterocycles. The third-order valence-electron chi connectivity index (χ3n) is 4.04. The Balaban J connectivity index is 1.49. The number of nitrogens with one attached hydrogen (secondary N) is 2. The highest BCUT2D eigenvalue weighted by molar-refractivity contribution is 6.30. The van der Waals surface area contributed by atoms with Crippen molar-refractivity contribution in [3.8, 4) is 0 Å². The maximum atomic E-state index is 12.1. The van der Waals surface area contributed by atoms with E-state index in [0.29, 0.717) is 24.7 Å². The first-order chi connectivity index (χ1) is 12.6. The molecule has 3 amide bonds. The smallest absolute Gasteiger partial charge is 0.315 e. The zero-order chi connectivity index (χ0) is 18.4. The molecule has 1 unspecified atom stereocenters. The summed E-state index contributed by atoms with van der Waals surface area (Å²) < 4.78 is 5.52. The molecule has 1 atom stereocenters.